The van der Waals surface area contributed by atoms with Gasteiger partial charge in [-0.25, -0.2) is 19.2 Å². The van der Waals surface area contributed by atoms with Crippen molar-refractivity contribution >= 4 is 28.7 Å². The van der Waals surface area contributed by atoms with Gasteiger partial charge in [0.15, 0.2) is 0 Å². The number of hydrogen-bond donors (Lipinski definition) is 2. The van der Waals surface area contributed by atoms with Crippen LogP contribution in [0.3, 0.4) is 0 Å². The molecular formula is C27H32FN9O2. The van der Waals surface area contributed by atoms with Crippen LogP contribution in [0.4, 0.5) is 16.2 Å². The van der Waals surface area contributed by atoms with Gasteiger partial charge in [-0.05, 0) is 51.9 Å². The summed E-state index contributed by atoms with van der Waals surface area (Å²) in [4.78, 5) is 28.6. The second kappa shape index (κ2) is 10.3. The number of fused-ring (bicyclic) bond motifs is 1. The molecule has 12 heteroatoms. The largest absolute Gasteiger partial charge is 0.377 e. The maximum atomic E-state index is 16.1. The van der Waals surface area contributed by atoms with Gasteiger partial charge in [0, 0.05) is 19.5 Å². The summed E-state index contributed by atoms with van der Waals surface area (Å²) in [6.07, 6.45) is 1.62. The van der Waals surface area contributed by atoms with Crippen LogP contribution >= 0.6 is 0 Å². The molecule has 11 nitrogen and oxygen atoms in total. The molecule has 4 aromatic rings. The number of morpholine rings is 1. The van der Waals surface area contributed by atoms with Gasteiger partial charge in [0.2, 0.25) is 23.8 Å². The highest BCUT2D eigenvalue weighted by Gasteiger charge is 2.28. The molecule has 0 saturated carbocycles. The number of amides is 1. The summed E-state index contributed by atoms with van der Waals surface area (Å²) in [5, 5.41) is 10.7. The molecule has 204 valence electrons. The lowest BCUT2D eigenvalue weighted by Gasteiger charge is -2.34. The van der Waals surface area contributed by atoms with Crippen LogP contribution in [0.5, 0.6) is 0 Å². The highest BCUT2D eigenvalue weighted by molar-refractivity contribution is 5.90. The van der Waals surface area contributed by atoms with E-state index in [1.807, 2.05) is 37.3 Å². The Hall–Kier alpha value is -3.90. The molecule has 0 aliphatic carbocycles. The number of aryl methyl sites for hydroxylation is 1. The van der Waals surface area contributed by atoms with Crippen molar-refractivity contribution < 1.29 is 13.9 Å². The third-order valence-electron chi connectivity index (χ3n) is 7.35. The summed E-state index contributed by atoms with van der Waals surface area (Å²) >= 11 is 0. The third kappa shape index (κ3) is 4.74. The highest BCUT2D eigenvalue weighted by atomic mass is 19.1. The van der Waals surface area contributed by atoms with Gasteiger partial charge in [0.05, 0.1) is 53.3 Å². The SMILES string of the molecule is CC(=O)Nc1nc2ccccc2n1-c1nc(-c2c(C)nn(C3CCNCC3)c2F)cc(N2CCOC[C@H]2C)n1. The van der Waals surface area contributed by atoms with Crippen molar-refractivity contribution in [2.75, 3.05) is 43.1 Å². The van der Waals surface area contributed by atoms with Crippen LogP contribution in [-0.4, -0.2) is 74.1 Å². The molecule has 39 heavy (non-hydrogen) atoms. The number of nitrogens with one attached hydrogen (secondary N) is 2. The summed E-state index contributed by atoms with van der Waals surface area (Å²) < 4.78 is 25.0. The van der Waals surface area contributed by atoms with Crippen molar-refractivity contribution in [3.05, 3.63) is 42.0 Å². The number of carbonyl (C=O) groups is 1. The summed E-state index contributed by atoms with van der Waals surface area (Å²) in [6.45, 7) is 8.71. The molecule has 2 aliphatic rings. The summed E-state index contributed by atoms with van der Waals surface area (Å²) in [7, 11) is 0. The smallest absolute Gasteiger partial charge is 0.239 e. The molecule has 0 unspecified atom stereocenters. The molecule has 2 saturated heterocycles. The van der Waals surface area contributed by atoms with E-state index in [2.05, 4.69) is 32.5 Å². The van der Waals surface area contributed by atoms with Gasteiger partial charge in [0.1, 0.15) is 5.82 Å². The van der Waals surface area contributed by atoms with Crippen LogP contribution in [0, 0.1) is 12.9 Å². The molecule has 2 fully saturated rings. The second-order valence-corrected chi connectivity index (χ2v) is 10.1. The first-order valence-electron chi connectivity index (χ1n) is 13.4. The van der Waals surface area contributed by atoms with Gasteiger partial charge < -0.3 is 15.0 Å². The molecule has 0 spiro atoms. The van der Waals surface area contributed by atoms with E-state index in [1.54, 1.807) is 4.57 Å². The first-order valence-corrected chi connectivity index (χ1v) is 13.4. The lowest BCUT2D eigenvalue weighted by atomic mass is 10.1. The van der Waals surface area contributed by atoms with Gasteiger partial charge >= 0.3 is 0 Å². The Morgan fingerprint density at radius 3 is 2.74 bits per heavy atom. The fourth-order valence-corrected chi connectivity index (χ4v) is 5.44. The fourth-order valence-electron chi connectivity index (χ4n) is 5.44. The third-order valence-corrected chi connectivity index (χ3v) is 7.35. The molecular weight excluding hydrogens is 501 g/mol. The number of imidazole rings is 1. The summed E-state index contributed by atoms with van der Waals surface area (Å²) in [5.41, 5.74) is 2.74. The number of hydrogen-bond acceptors (Lipinski definition) is 8. The number of benzene rings is 1. The first kappa shape index (κ1) is 25.4. The maximum Gasteiger partial charge on any atom is 0.239 e. The lowest BCUT2D eigenvalue weighted by Crippen LogP contribution is -2.44. The van der Waals surface area contributed by atoms with Crippen molar-refractivity contribution in [1.82, 2.24) is 34.6 Å². The molecule has 1 amide bonds. The summed E-state index contributed by atoms with van der Waals surface area (Å²) in [5.74, 6) is 0.555. The number of piperidine rings is 1. The van der Waals surface area contributed by atoms with E-state index in [0.29, 0.717) is 54.0 Å². The zero-order chi connectivity index (χ0) is 27.1. The maximum absolute atomic E-state index is 16.1. The standard InChI is InChI=1S/C27H32FN9O2/c1-16-15-39-13-12-35(16)23-14-21(24-17(2)34-37(25(24)28)19-8-10-29-11-9-19)32-27(33-23)36-22-7-5-4-6-20(22)31-26(36)30-18(3)38/h4-7,14,16,19,29H,8-13,15H2,1-3H3,(H,30,31,38)/t16-/m1/s1. The van der Waals surface area contributed by atoms with Crippen molar-refractivity contribution in [3.63, 3.8) is 0 Å². The van der Waals surface area contributed by atoms with Crippen molar-refractivity contribution in [2.45, 2.75) is 45.7 Å². The van der Waals surface area contributed by atoms with Crippen molar-refractivity contribution in [3.8, 4) is 17.2 Å². The average Bonchev–Trinajstić information content (AvgIpc) is 3.44. The van der Waals surface area contributed by atoms with Crippen LogP contribution in [0.15, 0.2) is 30.3 Å². The quantitative estimate of drug-likeness (QED) is 0.402. The van der Waals surface area contributed by atoms with E-state index in [0.717, 1.165) is 31.4 Å². The molecule has 0 radical (unpaired) electrons. The number of aromatic nitrogens is 6. The Labute approximate surface area is 225 Å². The predicted octanol–water partition coefficient (Wildman–Crippen LogP) is 3.23. The Morgan fingerprint density at radius 2 is 1.97 bits per heavy atom. The fraction of sp³-hybridized carbons (Fsp3) is 0.444. The lowest BCUT2D eigenvalue weighted by molar-refractivity contribution is -0.114. The Balaban J connectivity index is 1.55. The summed E-state index contributed by atoms with van der Waals surface area (Å²) in [6, 6.07) is 9.39. The number of ether oxygens (including phenoxy) is 1. The first-order chi connectivity index (χ1) is 18.9. The normalized spacial score (nSPS) is 18.6. The number of anilines is 2. The highest BCUT2D eigenvalue weighted by Crippen LogP contribution is 2.33. The number of carbonyl (C=O) groups excluding carboxylic acids is 1. The molecule has 2 N–H and O–H groups in total. The van der Waals surface area contributed by atoms with Crippen molar-refractivity contribution in [2.24, 2.45) is 0 Å². The zero-order valence-electron chi connectivity index (χ0n) is 22.3. The van der Waals surface area contributed by atoms with Crippen LogP contribution in [-0.2, 0) is 9.53 Å². The minimum atomic E-state index is -0.400. The van der Waals surface area contributed by atoms with E-state index in [4.69, 9.17) is 14.7 Å². The number of para-hydroxylation sites is 2. The van der Waals surface area contributed by atoms with E-state index >= 15 is 4.39 Å². The Bertz CT molecular complexity index is 1530. The van der Waals surface area contributed by atoms with Gasteiger partial charge in [-0.3, -0.25) is 10.1 Å². The molecule has 3 aromatic heterocycles. The number of rotatable bonds is 5. The van der Waals surface area contributed by atoms with E-state index in [-0.39, 0.29) is 23.9 Å². The molecule has 6 rings (SSSR count). The Kier molecular flexibility index (Phi) is 6.73. The second-order valence-electron chi connectivity index (χ2n) is 10.1. The topological polar surface area (TPSA) is 115 Å². The van der Waals surface area contributed by atoms with E-state index in [1.165, 1.54) is 11.6 Å². The molecule has 2 aliphatic heterocycles. The minimum Gasteiger partial charge on any atom is -0.377 e. The number of nitrogens with zero attached hydrogens (tertiary/aromatic N) is 7. The number of halogens is 1. The van der Waals surface area contributed by atoms with Gasteiger partial charge in [0.25, 0.3) is 0 Å². The van der Waals surface area contributed by atoms with Gasteiger partial charge in [-0.2, -0.15) is 14.5 Å². The molecule has 1 atom stereocenters. The van der Waals surface area contributed by atoms with Crippen LogP contribution in [0.25, 0.3) is 28.2 Å². The average molecular weight is 534 g/mol. The predicted molar refractivity (Wildman–Crippen MR) is 146 cm³/mol. The van der Waals surface area contributed by atoms with Crippen molar-refractivity contribution in [1.29, 1.82) is 0 Å². The minimum absolute atomic E-state index is 0.0114. The van der Waals surface area contributed by atoms with Gasteiger partial charge in [-0.15, -0.1) is 0 Å². The van der Waals surface area contributed by atoms with Gasteiger partial charge in [-0.1, -0.05) is 12.1 Å². The van der Waals surface area contributed by atoms with Crippen LogP contribution < -0.4 is 15.5 Å². The van der Waals surface area contributed by atoms with E-state index < -0.39 is 5.95 Å². The van der Waals surface area contributed by atoms with E-state index in [9.17, 15) is 4.79 Å². The molecule has 1 aromatic carbocycles. The van der Waals surface area contributed by atoms with Crippen LogP contribution in [0.1, 0.15) is 38.4 Å². The molecule has 0 bridgehead atoms. The van der Waals surface area contributed by atoms with Crippen LogP contribution in [0.2, 0.25) is 0 Å². The Morgan fingerprint density at radius 1 is 1.18 bits per heavy atom. The zero-order valence-corrected chi connectivity index (χ0v) is 22.3. The molecule has 5 heterocycles. The monoisotopic (exact) mass is 533 g/mol.